The summed E-state index contributed by atoms with van der Waals surface area (Å²) in [5.41, 5.74) is 0. The van der Waals surface area contributed by atoms with Crippen molar-refractivity contribution in [1.82, 2.24) is 4.31 Å². The normalized spacial score (nSPS) is 17.4. The van der Waals surface area contributed by atoms with Gasteiger partial charge < -0.3 is 0 Å². The summed E-state index contributed by atoms with van der Waals surface area (Å²) in [6, 6.07) is 5.32. The van der Waals surface area contributed by atoms with E-state index in [0.717, 1.165) is 19.3 Å². The van der Waals surface area contributed by atoms with E-state index in [-0.39, 0.29) is 15.8 Å². The molecule has 0 saturated heterocycles. The zero-order valence-corrected chi connectivity index (χ0v) is 12.7. The Labute approximate surface area is 117 Å². The van der Waals surface area contributed by atoms with E-state index in [9.17, 15) is 16.8 Å². The Morgan fingerprint density at radius 1 is 1.11 bits per heavy atom. The van der Waals surface area contributed by atoms with Gasteiger partial charge in [-0.25, -0.2) is 16.8 Å². The maximum Gasteiger partial charge on any atom is 0.262 e. The van der Waals surface area contributed by atoms with Gasteiger partial charge in [0.2, 0.25) is 10.0 Å². The number of nitrogens with zero attached hydrogens (tertiary/aromatic N) is 1. The van der Waals surface area contributed by atoms with E-state index in [1.54, 1.807) is 0 Å². The van der Waals surface area contributed by atoms with Crippen LogP contribution in [0, 0.1) is 0 Å². The molecule has 0 aliphatic heterocycles. The van der Waals surface area contributed by atoms with Crippen LogP contribution in [-0.2, 0) is 19.1 Å². The summed E-state index contributed by atoms with van der Waals surface area (Å²) >= 11 is 0. The summed E-state index contributed by atoms with van der Waals surface area (Å²) in [6.07, 6.45) is 2.58. The van der Waals surface area contributed by atoms with Crippen LogP contribution in [0.4, 0.5) is 0 Å². The first-order valence-corrected chi connectivity index (χ1v) is 9.51. The molecular formula is C11H14ClNO4S2. The summed E-state index contributed by atoms with van der Waals surface area (Å²) in [6.45, 7) is 0. The van der Waals surface area contributed by atoms with Crippen molar-refractivity contribution in [2.45, 2.75) is 35.1 Å². The first-order chi connectivity index (χ1) is 8.74. The molecule has 5 nitrogen and oxygen atoms in total. The summed E-state index contributed by atoms with van der Waals surface area (Å²) in [5, 5.41) is 0. The van der Waals surface area contributed by atoms with E-state index in [1.165, 1.54) is 35.6 Å². The van der Waals surface area contributed by atoms with Gasteiger partial charge in [0.15, 0.2) is 0 Å². The van der Waals surface area contributed by atoms with Crippen molar-refractivity contribution >= 4 is 29.8 Å². The zero-order valence-electron chi connectivity index (χ0n) is 10.3. The molecule has 0 unspecified atom stereocenters. The quantitative estimate of drug-likeness (QED) is 0.792. The van der Waals surface area contributed by atoms with Gasteiger partial charge in [0.1, 0.15) is 9.79 Å². The predicted octanol–water partition coefficient (Wildman–Crippen LogP) is 1.79. The molecule has 0 heterocycles. The fraction of sp³-hybridized carbons (Fsp3) is 0.455. The highest BCUT2D eigenvalue weighted by Gasteiger charge is 2.34. The van der Waals surface area contributed by atoms with Crippen molar-refractivity contribution in [3.63, 3.8) is 0 Å². The lowest BCUT2D eigenvalue weighted by Gasteiger charge is -2.34. The molecule has 0 N–H and O–H groups in total. The molecule has 0 bridgehead atoms. The third-order valence-corrected chi connectivity index (χ3v) is 6.84. The van der Waals surface area contributed by atoms with Gasteiger partial charge in [-0.05, 0) is 25.0 Å². The Hall–Kier alpha value is -0.630. The Kier molecular flexibility index (Phi) is 3.92. The van der Waals surface area contributed by atoms with Crippen LogP contribution in [0.2, 0.25) is 0 Å². The molecule has 8 heteroatoms. The molecule has 1 fully saturated rings. The summed E-state index contributed by atoms with van der Waals surface area (Å²) in [5.74, 6) is 0. The zero-order chi connectivity index (χ0) is 14.3. The molecule has 0 radical (unpaired) electrons. The molecule has 0 aromatic heterocycles. The van der Waals surface area contributed by atoms with Gasteiger partial charge in [-0.15, -0.1) is 0 Å². The SMILES string of the molecule is CN(C1CCC1)S(=O)(=O)c1ccccc1S(=O)(=O)Cl. The predicted molar refractivity (Wildman–Crippen MR) is 72.1 cm³/mol. The lowest BCUT2D eigenvalue weighted by atomic mass is 9.94. The van der Waals surface area contributed by atoms with E-state index in [2.05, 4.69) is 0 Å². The Morgan fingerprint density at radius 2 is 1.63 bits per heavy atom. The molecule has 0 atom stereocenters. The van der Waals surface area contributed by atoms with E-state index < -0.39 is 19.1 Å². The number of sulfonamides is 1. The van der Waals surface area contributed by atoms with Gasteiger partial charge in [0, 0.05) is 23.8 Å². The number of halogens is 1. The van der Waals surface area contributed by atoms with Gasteiger partial charge in [0.05, 0.1) is 0 Å². The fourth-order valence-corrected chi connectivity index (χ4v) is 5.19. The largest absolute Gasteiger partial charge is 0.262 e. The second-order valence-electron chi connectivity index (χ2n) is 4.49. The fourth-order valence-electron chi connectivity index (χ4n) is 1.97. The monoisotopic (exact) mass is 323 g/mol. The van der Waals surface area contributed by atoms with Gasteiger partial charge in [-0.1, -0.05) is 18.6 Å². The van der Waals surface area contributed by atoms with Crippen molar-refractivity contribution < 1.29 is 16.8 Å². The summed E-state index contributed by atoms with van der Waals surface area (Å²) in [7, 11) is -1.18. The minimum atomic E-state index is -4.10. The second kappa shape index (κ2) is 5.05. The Balaban J connectivity index is 2.52. The van der Waals surface area contributed by atoms with Crippen LogP contribution in [0.1, 0.15) is 19.3 Å². The topological polar surface area (TPSA) is 71.5 Å². The average molecular weight is 324 g/mol. The molecule has 1 aromatic carbocycles. The van der Waals surface area contributed by atoms with Crippen molar-refractivity contribution in [3.05, 3.63) is 24.3 Å². The van der Waals surface area contributed by atoms with Crippen LogP contribution >= 0.6 is 10.7 Å². The average Bonchev–Trinajstić information content (AvgIpc) is 2.25. The number of benzene rings is 1. The van der Waals surface area contributed by atoms with Gasteiger partial charge >= 0.3 is 0 Å². The van der Waals surface area contributed by atoms with E-state index in [4.69, 9.17) is 10.7 Å². The van der Waals surface area contributed by atoms with E-state index >= 15 is 0 Å². The van der Waals surface area contributed by atoms with Crippen LogP contribution in [0.15, 0.2) is 34.1 Å². The van der Waals surface area contributed by atoms with Crippen molar-refractivity contribution in [2.24, 2.45) is 0 Å². The molecule has 1 aromatic rings. The molecule has 1 aliphatic rings. The van der Waals surface area contributed by atoms with Crippen LogP contribution in [-0.4, -0.2) is 34.2 Å². The van der Waals surface area contributed by atoms with E-state index in [0.29, 0.717) is 0 Å². The molecule has 2 rings (SSSR count). The van der Waals surface area contributed by atoms with Crippen LogP contribution in [0.25, 0.3) is 0 Å². The number of rotatable bonds is 4. The minimum Gasteiger partial charge on any atom is -0.207 e. The van der Waals surface area contributed by atoms with Crippen LogP contribution < -0.4 is 0 Å². The van der Waals surface area contributed by atoms with E-state index in [1.807, 2.05) is 0 Å². The molecular weight excluding hydrogens is 310 g/mol. The molecule has 0 spiro atoms. The molecule has 0 amide bonds. The van der Waals surface area contributed by atoms with Crippen molar-refractivity contribution in [1.29, 1.82) is 0 Å². The lowest BCUT2D eigenvalue weighted by molar-refractivity contribution is 0.249. The molecule has 1 saturated carbocycles. The highest BCUT2D eigenvalue weighted by molar-refractivity contribution is 8.14. The molecule has 1 aliphatic carbocycles. The molecule has 19 heavy (non-hydrogen) atoms. The third kappa shape index (κ3) is 2.79. The van der Waals surface area contributed by atoms with Gasteiger partial charge in [-0.3, -0.25) is 0 Å². The first kappa shape index (κ1) is 14.8. The van der Waals surface area contributed by atoms with Gasteiger partial charge in [0.25, 0.3) is 9.05 Å². The highest BCUT2D eigenvalue weighted by Crippen LogP contribution is 2.31. The van der Waals surface area contributed by atoms with Crippen molar-refractivity contribution in [3.8, 4) is 0 Å². The summed E-state index contributed by atoms with van der Waals surface area (Å²) < 4.78 is 49.0. The first-order valence-electron chi connectivity index (χ1n) is 5.76. The Morgan fingerprint density at radius 3 is 2.05 bits per heavy atom. The van der Waals surface area contributed by atoms with Crippen molar-refractivity contribution in [2.75, 3.05) is 7.05 Å². The van der Waals surface area contributed by atoms with Gasteiger partial charge in [-0.2, -0.15) is 4.31 Å². The Bertz CT molecular complexity index is 680. The minimum absolute atomic E-state index is 0.0592. The smallest absolute Gasteiger partial charge is 0.207 e. The molecule has 106 valence electrons. The maximum absolute atomic E-state index is 12.4. The van der Waals surface area contributed by atoms with Crippen LogP contribution in [0.5, 0.6) is 0 Å². The maximum atomic E-state index is 12.4. The highest BCUT2D eigenvalue weighted by atomic mass is 35.7. The standard InChI is InChI=1S/C11H14ClNO4S2/c1-13(9-5-4-6-9)19(16,17)11-8-3-2-7-10(11)18(12,14)15/h2-3,7-9H,4-6H2,1H3. The number of hydrogen-bond acceptors (Lipinski definition) is 4. The lowest BCUT2D eigenvalue weighted by Crippen LogP contribution is -2.41. The second-order valence-corrected chi connectivity index (χ2v) is 8.99. The third-order valence-electron chi connectivity index (χ3n) is 3.36. The van der Waals surface area contributed by atoms with Crippen LogP contribution in [0.3, 0.4) is 0 Å². The summed E-state index contributed by atoms with van der Waals surface area (Å²) in [4.78, 5) is -0.637. The number of hydrogen-bond donors (Lipinski definition) is 0.